The number of nitrogens with zero attached hydrogens (tertiary/aromatic N) is 1. The van der Waals surface area contributed by atoms with Gasteiger partial charge < -0.3 is 10.1 Å². The summed E-state index contributed by atoms with van der Waals surface area (Å²) in [5.74, 6) is 0.894. The molecule has 1 aliphatic rings. The van der Waals surface area contributed by atoms with E-state index in [4.69, 9.17) is 4.74 Å². The Morgan fingerprint density at radius 3 is 2.80 bits per heavy atom. The molecular weight excluding hydrogens is 248 g/mol. The van der Waals surface area contributed by atoms with Crippen molar-refractivity contribution in [2.24, 2.45) is 0 Å². The van der Waals surface area contributed by atoms with Crippen LogP contribution in [0.15, 0.2) is 24.3 Å². The topological polar surface area (TPSA) is 34.1 Å². The number of methoxy groups -OCH3 is 1. The summed E-state index contributed by atoms with van der Waals surface area (Å²) in [5.41, 5.74) is 3.44. The summed E-state index contributed by atoms with van der Waals surface area (Å²) in [4.78, 5) is 4.61. The zero-order valence-electron chi connectivity index (χ0n) is 12.3. The summed E-state index contributed by atoms with van der Waals surface area (Å²) in [5, 5.41) is 4.88. The number of hydrogen-bond acceptors (Lipinski definition) is 3. The van der Waals surface area contributed by atoms with Gasteiger partial charge in [0, 0.05) is 23.7 Å². The highest BCUT2D eigenvalue weighted by atomic mass is 16.5. The van der Waals surface area contributed by atoms with Gasteiger partial charge in [0.2, 0.25) is 0 Å². The summed E-state index contributed by atoms with van der Waals surface area (Å²) in [6, 6.07) is 8.98. The van der Waals surface area contributed by atoms with Crippen molar-refractivity contribution in [3.05, 3.63) is 35.5 Å². The Morgan fingerprint density at radius 1 is 1.25 bits per heavy atom. The number of pyridine rings is 1. The molecule has 2 aromatic rings. The van der Waals surface area contributed by atoms with Crippen molar-refractivity contribution < 1.29 is 4.74 Å². The number of aryl methyl sites for hydroxylation is 1. The van der Waals surface area contributed by atoms with E-state index >= 15 is 0 Å². The zero-order valence-corrected chi connectivity index (χ0v) is 12.3. The summed E-state index contributed by atoms with van der Waals surface area (Å²) in [6.45, 7) is 2.97. The smallest absolute Gasteiger partial charge is 0.119 e. The van der Waals surface area contributed by atoms with E-state index < -0.39 is 0 Å². The Bertz CT molecular complexity index is 603. The van der Waals surface area contributed by atoms with Crippen molar-refractivity contribution in [1.29, 1.82) is 0 Å². The van der Waals surface area contributed by atoms with Gasteiger partial charge in [-0.3, -0.25) is 4.98 Å². The van der Waals surface area contributed by atoms with Crippen molar-refractivity contribution in [3.8, 4) is 5.75 Å². The van der Waals surface area contributed by atoms with Gasteiger partial charge in [-0.2, -0.15) is 0 Å². The predicted octanol–water partition coefficient (Wildman–Crippen LogP) is 3.58. The third kappa shape index (κ3) is 2.78. The number of aromatic nitrogens is 1. The molecule has 1 aliphatic carbocycles. The standard InChI is InChI=1S/C17H22N2O/c1-12-9-13(11-18-14-5-3-4-6-14)16-10-15(20-2)7-8-17(16)19-12/h7-10,14,18H,3-6,11H2,1-2H3. The number of ether oxygens (including phenoxy) is 1. The lowest BCUT2D eigenvalue weighted by Gasteiger charge is -2.14. The molecule has 3 heteroatoms. The molecule has 0 saturated heterocycles. The van der Waals surface area contributed by atoms with Gasteiger partial charge in [0.05, 0.1) is 12.6 Å². The molecule has 0 atom stereocenters. The summed E-state index contributed by atoms with van der Waals surface area (Å²) in [7, 11) is 1.71. The first-order valence-corrected chi connectivity index (χ1v) is 7.44. The van der Waals surface area contributed by atoms with Gasteiger partial charge in [-0.15, -0.1) is 0 Å². The van der Waals surface area contributed by atoms with E-state index in [1.54, 1.807) is 7.11 Å². The highest BCUT2D eigenvalue weighted by Gasteiger charge is 2.14. The van der Waals surface area contributed by atoms with Crippen LogP contribution in [0.2, 0.25) is 0 Å². The third-order valence-electron chi connectivity index (χ3n) is 4.17. The molecule has 0 aliphatic heterocycles. The van der Waals surface area contributed by atoms with Crippen LogP contribution in [0.25, 0.3) is 10.9 Å². The van der Waals surface area contributed by atoms with Crippen LogP contribution in [-0.2, 0) is 6.54 Å². The molecule has 1 aromatic carbocycles. The van der Waals surface area contributed by atoms with Crippen LogP contribution in [0.3, 0.4) is 0 Å². The summed E-state index contributed by atoms with van der Waals surface area (Å²) >= 11 is 0. The third-order valence-corrected chi connectivity index (χ3v) is 4.17. The van der Waals surface area contributed by atoms with Crippen LogP contribution in [0.4, 0.5) is 0 Å². The largest absolute Gasteiger partial charge is 0.497 e. The Hall–Kier alpha value is -1.61. The second-order valence-electron chi connectivity index (χ2n) is 5.67. The van der Waals surface area contributed by atoms with Gasteiger partial charge in [-0.1, -0.05) is 12.8 Å². The fourth-order valence-corrected chi connectivity index (χ4v) is 3.08. The normalized spacial score (nSPS) is 15.9. The van der Waals surface area contributed by atoms with E-state index in [1.807, 2.05) is 12.1 Å². The Labute approximate surface area is 120 Å². The van der Waals surface area contributed by atoms with Gasteiger partial charge in [0.25, 0.3) is 0 Å². The SMILES string of the molecule is COc1ccc2nc(C)cc(CNC3CCCC3)c2c1. The van der Waals surface area contributed by atoms with Crippen molar-refractivity contribution in [2.75, 3.05) is 7.11 Å². The van der Waals surface area contributed by atoms with Crippen LogP contribution in [0.1, 0.15) is 36.9 Å². The number of nitrogens with one attached hydrogen (secondary N) is 1. The first kappa shape index (κ1) is 13.4. The van der Waals surface area contributed by atoms with Crippen LogP contribution in [-0.4, -0.2) is 18.1 Å². The minimum Gasteiger partial charge on any atom is -0.497 e. The maximum atomic E-state index is 5.34. The van der Waals surface area contributed by atoms with Gasteiger partial charge in [0.1, 0.15) is 5.75 Å². The van der Waals surface area contributed by atoms with E-state index in [0.29, 0.717) is 6.04 Å². The van der Waals surface area contributed by atoms with Crippen LogP contribution in [0.5, 0.6) is 5.75 Å². The van der Waals surface area contributed by atoms with Crippen molar-refractivity contribution in [1.82, 2.24) is 10.3 Å². The van der Waals surface area contributed by atoms with E-state index in [-0.39, 0.29) is 0 Å². The molecule has 0 unspecified atom stereocenters. The highest BCUT2D eigenvalue weighted by molar-refractivity contribution is 5.83. The average Bonchev–Trinajstić information content (AvgIpc) is 2.97. The maximum Gasteiger partial charge on any atom is 0.119 e. The maximum absolute atomic E-state index is 5.34. The lowest BCUT2D eigenvalue weighted by atomic mass is 10.1. The second kappa shape index (κ2) is 5.80. The molecular formula is C17H22N2O. The molecule has 0 amide bonds. The number of rotatable bonds is 4. The molecule has 106 valence electrons. The van der Waals surface area contributed by atoms with Crippen molar-refractivity contribution in [2.45, 2.75) is 45.2 Å². The summed E-state index contributed by atoms with van der Waals surface area (Å²) in [6.07, 6.45) is 5.35. The Balaban J connectivity index is 1.90. The second-order valence-corrected chi connectivity index (χ2v) is 5.67. The van der Waals surface area contributed by atoms with E-state index in [0.717, 1.165) is 23.5 Å². The van der Waals surface area contributed by atoms with Crippen LogP contribution >= 0.6 is 0 Å². The summed E-state index contributed by atoms with van der Waals surface area (Å²) < 4.78 is 5.34. The molecule has 0 radical (unpaired) electrons. The molecule has 0 spiro atoms. The Morgan fingerprint density at radius 2 is 2.05 bits per heavy atom. The van der Waals surface area contributed by atoms with Crippen LogP contribution < -0.4 is 10.1 Å². The molecule has 1 heterocycles. The molecule has 20 heavy (non-hydrogen) atoms. The number of benzene rings is 1. The average molecular weight is 270 g/mol. The zero-order chi connectivity index (χ0) is 13.9. The van der Waals surface area contributed by atoms with E-state index in [1.165, 1.54) is 36.6 Å². The minimum atomic E-state index is 0.684. The fourth-order valence-electron chi connectivity index (χ4n) is 3.08. The quantitative estimate of drug-likeness (QED) is 0.922. The van der Waals surface area contributed by atoms with Crippen molar-refractivity contribution in [3.63, 3.8) is 0 Å². The lowest BCUT2D eigenvalue weighted by molar-refractivity contribution is 0.415. The molecule has 1 aromatic heterocycles. The fraction of sp³-hybridized carbons (Fsp3) is 0.471. The molecule has 3 rings (SSSR count). The molecule has 1 fully saturated rings. The minimum absolute atomic E-state index is 0.684. The van der Waals surface area contributed by atoms with Gasteiger partial charge >= 0.3 is 0 Å². The molecule has 1 N–H and O–H groups in total. The van der Waals surface area contributed by atoms with Gasteiger partial charge in [0.15, 0.2) is 0 Å². The molecule has 1 saturated carbocycles. The first-order chi connectivity index (χ1) is 9.76. The van der Waals surface area contributed by atoms with Crippen LogP contribution in [0, 0.1) is 6.92 Å². The molecule has 3 nitrogen and oxygen atoms in total. The Kier molecular flexibility index (Phi) is 3.88. The number of hydrogen-bond donors (Lipinski definition) is 1. The first-order valence-electron chi connectivity index (χ1n) is 7.44. The number of fused-ring (bicyclic) bond motifs is 1. The monoisotopic (exact) mass is 270 g/mol. The van der Waals surface area contributed by atoms with Gasteiger partial charge in [-0.05, 0) is 49.6 Å². The molecule has 0 bridgehead atoms. The highest BCUT2D eigenvalue weighted by Crippen LogP contribution is 2.24. The lowest BCUT2D eigenvalue weighted by Crippen LogP contribution is -2.25. The van der Waals surface area contributed by atoms with E-state index in [2.05, 4.69) is 29.4 Å². The van der Waals surface area contributed by atoms with E-state index in [9.17, 15) is 0 Å². The van der Waals surface area contributed by atoms with Crippen molar-refractivity contribution >= 4 is 10.9 Å². The van der Waals surface area contributed by atoms with Gasteiger partial charge in [-0.25, -0.2) is 0 Å². The predicted molar refractivity (Wildman–Crippen MR) is 82.1 cm³/mol.